The van der Waals surface area contributed by atoms with Crippen LogP contribution in [0.3, 0.4) is 0 Å². The van der Waals surface area contributed by atoms with Crippen molar-refractivity contribution in [3.63, 3.8) is 0 Å². The van der Waals surface area contributed by atoms with Crippen molar-refractivity contribution < 1.29 is 14.5 Å². The molecule has 2 aliphatic heterocycles. The molecule has 0 radical (unpaired) electrons. The summed E-state index contributed by atoms with van der Waals surface area (Å²) in [5.74, 6) is -0.0919. The summed E-state index contributed by atoms with van der Waals surface area (Å²) in [6, 6.07) is 7.84. The first-order chi connectivity index (χ1) is 15.9. The molecule has 1 aromatic heterocycles. The van der Waals surface area contributed by atoms with Gasteiger partial charge in [-0.3, -0.25) is 4.98 Å². The van der Waals surface area contributed by atoms with E-state index in [1.807, 2.05) is 30.5 Å². The average Bonchev–Trinajstić information content (AvgIpc) is 2.80. The second-order valence-corrected chi connectivity index (χ2v) is 10.5. The molecule has 3 heterocycles. The van der Waals surface area contributed by atoms with E-state index >= 15 is 0 Å². The summed E-state index contributed by atoms with van der Waals surface area (Å²) in [7, 11) is 0. The molecule has 3 aliphatic rings. The van der Waals surface area contributed by atoms with Gasteiger partial charge in [0.15, 0.2) is 0 Å². The second kappa shape index (κ2) is 9.16. The van der Waals surface area contributed by atoms with Crippen molar-refractivity contribution in [2.75, 3.05) is 31.5 Å². The van der Waals surface area contributed by atoms with Crippen LogP contribution in [0.15, 0.2) is 42.1 Å². The summed E-state index contributed by atoms with van der Waals surface area (Å²) in [6.07, 6.45) is 7.67. The minimum absolute atomic E-state index is 0.0425. The molecule has 2 aromatic rings. The number of benzene rings is 1. The maximum Gasteiger partial charge on any atom is 0.204 e. The minimum Gasteiger partial charge on any atom is -0.383 e. The monoisotopic (exact) mass is 471 g/mol. The van der Waals surface area contributed by atoms with Gasteiger partial charge in [-0.1, -0.05) is 37.1 Å². The van der Waals surface area contributed by atoms with Crippen LogP contribution in [0.1, 0.15) is 46.5 Å². The number of rotatable bonds is 5. The average molecular weight is 472 g/mol. The van der Waals surface area contributed by atoms with E-state index in [-0.39, 0.29) is 11.7 Å². The lowest BCUT2D eigenvalue weighted by Gasteiger charge is -2.51. The fourth-order valence-corrected chi connectivity index (χ4v) is 5.25. The van der Waals surface area contributed by atoms with E-state index in [4.69, 9.17) is 26.1 Å². The van der Waals surface area contributed by atoms with E-state index in [1.54, 1.807) is 0 Å². The zero-order valence-electron chi connectivity index (χ0n) is 19.8. The third-order valence-corrected chi connectivity index (χ3v) is 7.65. The summed E-state index contributed by atoms with van der Waals surface area (Å²) in [6.45, 7) is 10.3. The van der Waals surface area contributed by atoms with Crippen LogP contribution < -0.4 is 5.32 Å². The third-order valence-electron chi connectivity index (χ3n) is 7.41. The number of nitrogens with zero attached hydrogens (tertiary/aromatic N) is 2. The normalized spacial score (nSPS) is 27.5. The quantitative estimate of drug-likeness (QED) is 0.454. The van der Waals surface area contributed by atoms with Crippen molar-refractivity contribution in [3.8, 4) is 0 Å². The molecule has 0 saturated carbocycles. The van der Waals surface area contributed by atoms with Crippen LogP contribution in [0.5, 0.6) is 0 Å². The molecular formula is C26H34ClN3O3. The number of likely N-dealkylation sites (tertiary alicyclic amines) is 1. The van der Waals surface area contributed by atoms with Gasteiger partial charge in [-0.25, -0.2) is 9.78 Å². The Balaban J connectivity index is 1.15. The van der Waals surface area contributed by atoms with Gasteiger partial charge in [0.25, 0.3) is 0 Å². The molecular weight excluding hydrogens is 438 g/mol. The molecule has 6 nitrogen and oxygen atoms in total. The van der Waals surface area contributed by atoms with Gasteiger partial charge in [0.05, 0.1) is 5.52 Å². The number of hydrogen-bond acceptors (Lipinski definition) is 6. The smallest absolute Gasteiger partial charge is 0.204 e. The number of fused-ring (bicyclic) bond motifs is 2. The molecule has 1 aliphatic carbocycles. The Hall–Kier alpha value is -1.70. The van der Waals surface area contributed by atoms with Crippen molar-refractivity contribution in [1.82, 2.24) is 9.88 Å². The number of pyridine rings is 1. The second-order valence-electron chi connectivity index (χ2n) is 10.1. The van der Waals surface area contributed by atoms with Gasteiger partial charge in [-0.15, -0.1) is 0 Å². The third kappa shape index (κ3) is 4.77. The lowest BCUT2D eigenvalue weighted by atomic mass is 9.80. The highest BCUT2D eigenvalue weighted by atomic mass is 35.5. The molecule has 7 heteroatoms. The highest BCUT2D eigenvalue weighted by Crippen LogP contribution is 2.44. The first-order valence-corrected chi connectivity index (χ1v) is 12.5. The van der Waals surface area contributed by atoms with E-state index in [0.717, 1.165) is 68.5 Å². The Morgan fingerprint density at radius 1 is 1.18 bits per heavy atom. The molecule has 0 bridgehead atoms. The predicted octanol–water partition coefficient (Wildman–Crippen LogP) is 5.57. The first kappa shape index (κ1) is 23.1. The Morgan fingerprint density at radius 3 is 2.79 bits per heavy atom. The van der Waals surface area contributed by atoms with Gasteiger partial charge in [0.1, 0.15) is 11.7 Å². The number of piperidine rings is 1. The van der Waals surface area contributed by atoms with Crippen LogP contribution in [0.25, 0.3) is 10.9 Å². The van der Waals surface area contributed by atoms with Crippen LogP contribution in [0, 0.1) is 5.92 Å². The van der Waals surface area contributed by atoms with Crippen LogP contribution >= 0.6 is 11.6 Å². The summed E-state index contributed by atoms with van der Waals surface area (Å²) >= 11 is 6.11. The predicted molar refractivity (Wildman–Crippen MR) is 131 cm³/mol. The van der Waals surface area contributed by atoms with Gasteiger partial charge in [-0.05, 0) is 49.9 Å². The molecule has 1 N–H and O–H groups in total. The van der Waals surface area contributed by atoms with Crippen molar-refractivity contribution in [2.45, 2.75) is 63.9 Å². The van der Waals surface area contributed by atoms with Gasteiger partial charge in [-0.2, -0.15) is 0 Å². The maximum atomic E-state index is 6.60. The Bertz CT molecular complexity index is 1030. The van der Waals surface area contributed by atoms with E-state index in [1.165, 1.54) is 5.57 Å². The number of hydrogen-bond donors (Lipinski definition) is 1. The maximum absolute atomic E-state index is 6.60. The van der Waals surface area contributed by atoms with Crippen LogP contribution in [-0.2, 0) is 14.5 Å². The van der Waals surface area contributed by atoms with E-state index in [0.29, 0.717) is 10.9 Å². The van der Waals surface area contributed by atoms with Crippen molar-refractivity contribution in [2.24, 2.45) is 5.92 Å². The molecule has 178 valence electrons. The number of allylic oxidation sites excluding steroid dienone is 1. The van der Waals surface area contributed by atoms with Crippen molar-refractivity contribution in [3.05, 3.63) is 47.1 Å². The minimum atomic E-state index is -0.634. The summed E-state index contributed by atoms with van der Waals surface area (Å²) in [5, 5.41) is 5.35. The van der Waals surface area contributed by atoms with Crippen molar-refractivity contribution >= 4 is 28.2 Å². The number of anilines is 1. The number of nitrogens with one attached hydrogen (secondary N) is 1. The fourth-order valence-electron chi connectivity index (χ4n) is 5.08. The molecule has 2 saturated heterocycles. The summed E-state index contributed by atoms with van der Waals surface area (Å²) in [4.78, 5) is 18.8. The molecule has 0 amide bonds. The van der Waals surface area contributed by atoms with Crippen LogP contribution in [0.4, 0.5) is 5.69 Å². The van der Waals surface area contributed by atoms with Gasteiger partial charge in [0, 0.05) is 61.3 Å². The zero-order chi connectivity index (χ0) is 23.1. The van der Waals surface area contributed by atoms with Gasteiger partial charge < -0.3 is 15.0 Å². The van der Waals surface area contributed by atoms with Crippen LogP contribution in [-0.4, -0.2) is 53.6 Å². The number of halogens is 1. The molecule has 2 fully saturated rings. The highest BCUT2D eigenvalue weighted by molar-refractivity contribution is 6.31. The Morgan fingerprint density at radius 2 is 2.00 bits per heavy atom. The molecule has 0 unspecified atom stereocenters. The van der Waals surface area contributed by atoms with E-state index < -0.39 is 5.79 Å². The molecule has 2 atom stereocenters. The number of ether oxygens (including phenoxy) is 1. The van der Waals surface area contributed by atoms with Gasteiger partial charge >= 0.3 is 0 Å². The molecule has 33 heavy (non-hydrogen) atoms. The number of aromatic nitrogens is 1. The van der Waals surface area contributed by atoms with Gasteiger partial charge in [0.2, 0.25) is 5.79 Å². The fraction of sp³-hybridized carbons (Fsp3) is 0.577. The molecule has 5 rings (SSSR count). The zero-order valence-corrected chi connectivity index (χ0v) is 20.5. The Labute approximate surface area is 201 Å². The Kier molecular flexibility index (Phi) is 6.40. The lowest BCUT2D eigenvalue weighted by molar-refractivity contribution is -0.527. The van der Waals surface area contributed by atoms with E-state index in [2.05, 4.69) is 42.0 Å². The topological polar surface area (TPSA) is 55.9 Å². The molecule has 1 aromatic carbocycles. The summed E-state index contributed by atoms with van der Waals surface area (Å²) in [5.41, 5.74) is 3.07. The standard InChI is InChI=1S/C26H34ClN3O3/c1-18(2)19-6-8-25(3)24(16-19)31-26(33-32-25)9-13-30(14-10-26)15-12-29-22-7-11-28-23-17-20(27)4-5-21(22)23/h4-5,7,11,16-18,24H,6,8-10,12-15H2,1-3H3,(H,28,29)/t24-,25+/m1/s1. The van der Waals surface area contributed by atoms with E-state index in [9.17, 15) is 0 Å². The molecule has 1 spiro atoms. The van der Waals surface area contributed by atoms with Crippen molar-refractivity contribution in [1.29, 1.82) is 0 Å². The van der Waals surface area contributed by atoms with Crippen LogP contribution in [0.2, 0.25) is 5.02 Å². The lowest BCUT2D eigenvalue weighted by Crippen LogP contribution is -2.60. The largest absolute Gasteiger partial charge is 0.383 e. The highest BCUT2D eigenvalue weighted by Gasteiger charge is 2.52. The SMILES string of the molecule is CC(C)C1=C[C@H]2OC3(CCN(CCNc4ccnc5cc(Cl)ccc45)CC3)OO[C@@]2(C)CC1. The summed E-state index contributed by atoms with van der Waals surface area (Å²) < 4.78 is 6.60. The first-order valence-electron chi connectivity index (χ1n) is 12.1.